The minimum absolute atomic E-state index is 0.318. The van der Waals surface area contributed by atoms with Crippen LogP contribution >= 0.6 is 0 Å². The third kappa shape index (κ3) is 7.52. The summed E-state index contributed by atoms with van der Waals surface area (Å²) in [4.78, 5) is 50.4. The maximum absolute atomic E-state index is 13.2. The molecule has 10 nitrogen and oxygen atoms in total. The van der Waals surface area contributed by atoms with Gasteiger partial charge in [0.05, 0.1) is 6.54 Å². The van der Waals surface area contributed by atoms with Crippen LogP contribution in [0.5, 0.6) is 0 Å². The van der Waals surface area contributed by atoms with E-state index < -0.39 is 47.0 Å². The second kappa shape index (κ2) is 9.43. The monoisotopic (exact) mass is 413 g/mol. The van der Waals surface area contributed by atoms with Crippen molar-refractivity contribution >= 4 is 23.8 Å². The Kier molecular flexibility index (Phi) is 8.02. The van der Waals surface area contributed by atoms with E-state index >= 15 is 0 Å². The molecule has 10 heteroatoms. The first kappa shape index (κ1) is 24.7. The zero-order valence-electron chi connectivity index (χ0n) is 18.2. The van der Waals surface area contributed by atoms with Gasteiger partial charge in [-0.15, -0.1) is 0 Å². The second-order valence-corrected chi connectivity index (χ2v) is 9.50. The summed E-state index contributed by atoms with van der Waals surface area (Å²) in [7, 11) is 0. The highest BCUT2D eigenvalue weighted by molar-refractivity contribution is 5.93. The molecule has 29 heavy (non-hydrogen) atoms. The lowest BCUT2D eigenvalue weighted by atomic mass is 9.85. The van der Waals surface area contributed by atoms with Gasteiger partial charge in [0.2, 0.25) is 17.7 Å². The van der Waals surface area contributed by atoms with Crippen molar-refractivity contribution in [1.82, 2.24) is 20.9 Å². The Bertz CT molecular complexity index is 638. The third-order valence-corrected chi connectivity index (χ3v) is 4.51. The normalized spacial score (nSPS) is 19.3. The molecule has 1 rings (SSSR count). The Morgan fingerprint density at radius 2 is 1.72 bits per heavy atom. The van der Waals surface area contributed by atoms with E-state index in [0.29, 0.717) is 19.4 Å². The second-order valence-electron chi connectivity index (χ2n) is 9.50. The lowest BCUT2D eigenvalue weighted by Gasteiger charge is -2.36. The summed E-state index contributed by atoms with van der Waals surface area (Å²) in [5.41, 5.74) is 3.93. The van der Waals surface area contributed by atoms with Gasteiger partial charge in [-0.25, -0.2) is 4.79 Å². The van der Waals surface area contributed by atoms with E-state index in [4.69, 9.17) is 5.73 Å². The van der Waals surface area contributed by atoms with E-state index in [1.54, 1.807) is 0 Å². The van der Waals surface area contributed by atoms with Crippen LogP contribution in [0.2, 0.25) is 0 Å². The number of urea groups is 1. The Morgan fingerprint density at radius 3 is 2.21 bits per heavy atom. The number of hydrogen-bond acceptors (Lipinski definition) is 5. The van der Waals surface area contributed by atoms with Gasteiger partial charge in [-0.2, -0.15) is 0 Å². The summed E-state index contributed by atoms with van der Waals surface area (Å²) in [5, 5.41) is 17.4. The number of nitrogens with zero attached hydrogens (tertiary/aromatic N) is 1. The predicted octanol–water partition coefficient (Wildman–Crippen LogP) is -0.548. The molecule has 0 aromatic carbocycles. The van der Waals surface area contributed by atoms with Crippen molar-refractivity contribution < 1.29 is 24.3 Å². The number of hydrogen-bond donors (Lipinski definition) is 5. The van der Waals surface area contributed by atoms with E-state index in [2.05, 4.69) is 16.0 Å². The standard InChI is InChI=1S/C19H35N5O5/c1-18(2,3)13(22-17(29)23-19(4,5)6)16(28)24-9-7-8-11(24)15(27)21-10-12(25)14(20)26/h11-13,25H,7-10H2,1-6H3,(H2,20,26)(H,21,27)(H2,22,23,29)/t11-,12?,13+/m0/s1. The molecule has 166 valence electrons. The number of carbonyl (C=O) groups is 4. The van der Waals surface area contributed by atoms with Crippen LogP contribution in [-0.2, 0) is 14.4 Å². The van der Waals surface area contributed by atoms with Gasteiger partial charge in [-0.05, 0) is 39.0 Å². The number of primary amides is 1. The lowest BCUT2D eigenvalue weighted by Crippen LogP contribution is -2.60. The predicted molar refractivity (Wildman–Crippen MR) is 108 cm³/mol. The number of amides is 5. The first-order valence-corrected chi connectivity index (χ1v) is 9.77. The van der Waals surface area contributed by atoms with Crippen LogP contribution in [0.1, 0.15) is 54.4 Å². The van der Waals surface area contributed by atoms with Gasteiger partial charge in [-0.3, -0.25) is 14.4 Å². The highest BCUT2D eigenvalue weighted by atomic mass is 16.3. The van der Waals surface area contributed by atoms with Crippen molar-refractivity contribution in [3.05, 3.63) is 0 Å². The third-order valence-electron chi connectivity index (χ3n) is 4.51. The van der Waals surface area contributed by atoms with Crippen molar-refractivity contribution in [3.8, 4) is 0 Å². The maximum Gasteiger partial charge on any atom is 0.315 e. The van der Waals surface area contributed by atoms with Crippen LogP contribution < -0.4 is 21.7 Å². The molecule has 0 aromatic heterocycles. The zero-order valence-corrected chi connectivity index (χ0v) is 18.2. The molecular formula is C19H35N5O5. The summed E-state index contributed by atoms with van der Waals surface area (Å²) in [6.07, 6.45) is -0.405. The molecular weight excluding hydrogens is 378 g/mol. The molecule has 1 aliphatic heterocycles. The van der Waals surface area contributed by atoms with Gasteiger partial charge >= 0.3 is 6.03 Å². The molecule has 6 N–H and O–H groups in total. The van der Waals surface area contributed by atoms with Gasteiger partial charge in [0, 0.05) is 12.1 Å². The van der Waals surface area contributed by atoms with Crippen LogP contribution in [0.4, 0.5) is 4.79 Å². The van der Waals surface area contributed by atoms with Crippen LogP contribution in [0, 0.1) is 5.41 Å². The van der Waals surface area contributed by atoms with E-state index in [0.717, 1.165) is 0 Å². The number of nitrogens with one attached hydrogen (secondary N) is 3. The number of likely N-dealkylation sites (tertiary alicyclic amines) is 1. The molecule has 0 aliphatic carbocycles. The number of aliphatic hydroxyl groups is 1. The van der Waals surface area contributed by atoms with Gasteiger partial charge < -0.3 is 31.7 Å². The molecule has 1 fully saturated rings. The van der Waals surface area contributed by atoms with Crippen LogP contribution in [0.25, 0.3) is 0 Å². The number of rotatable bonds is 6. The fourth-order valence-electron chi connectivity index (χ4n) is 3.04. The van der Waals surface area contributed by atoms with Gasteiger partial charge in [0.25, 0.3) is 0 Å². The van der Waals surface area contributed by atoms with Crippen LogP contribution in [-0.4, -0.2) is 70.6 Å². The van der Waals surface area contributed by atoms with Gasteiger partial charge in [0.15, 0.2) is 0 Å². The molecule has 1 heterocycles. The smallest absolute Gasteiger partial charge is 0.315 e. The van der Waals surface area contributed by atoms with E-state index in [-0.39, 0.29) is 12.5 Å². The molecule has 1 saturated heterocycles. The topological polar surface area (TPSA) is 154 Å². The van der Waals surface area contributed by atoms with Gasteiger partial charge in [-0.1, -0.05) is 20.8 Å². The number of carbonyl (C=O) groups excluding carboxylic acids is 4. The zero-order chi connectivity index (χ0) is 22.6. The van der Waals surface area contributed by atoms with E-state index in [1.807, 2.05) is 41.5 Å². The van der Waals surface area contributed by atoms with Crippen molar-refractivity contribution in [3.63, 3.8) is 0 Å². The molecule has 1 unspecified atom stereocenters. The van der Waals surface area contributed by atoms with Crippen molar-refractivity contribution in [2.24, 2.45) is 11.1 Å². The van der Waals surface area contributed by atoms with Crippen LogP contribution in [0.3, 0.4) is 0 Å². The largest absolute Gasteiger partial charge is 0.381 e. The molecule has 0 radical (unpaired) electrons. The highest BCUT2D eigenvalue weighted by Crippen LogP contribution is 2.26. The van der Waals surface area contributed by atoms with Crippen molar-refractivity contribution in [2.45, 2.75) is 78.1 Å². The molecule has 3 atom stereocenters. The van der Waals surface area contributed by atoms with Gasteiger partial charge in [0.1, 0.15) is 18.2 Å². The Morgan fingerprint density at radius 1 is 1.14 bits per heavy atom. The summed E-state index contributed by atoms with van der Waals surface area (Å²) in [6, 6.07) is -2.04. The summed E-state index contributed by atoms with van der Waals surface area (Å²) in [6.45, 7) is 11.1. The molecule has 0 aromatic rings. The fraction of sp³-hybridized carbons (Fsp3) is 0.789. The summed E-state index contributed by atoms with van der Waals surface area (Å²) in [5.74, 6) is -1.76. The first-order chi connectivity index (χ1) is 13.1. The van der Waals surface area contributed by atoms with Crippen molar-refractivity contribution in [2.75, 3.05) is 13.1 Å². The minimum Gasteiger partial charge on any atom is -0.381 e. The quantitative estimate of drug-likeness (QED) is 0.395. The minimum atomic E-state index is -1.49. The molecule has 5 amide bonds. The van der Waals surface area contributed by atoms with E-state index in [1.165, 1.54) is 4.90 Å². The molecule has 0 spiro atoms. The average Bonchev–Trinajstić information content (AvgIpc) is 3.03. The molecule has 0 bridgehead atoms. The summed E-state index contributed by atoms with van der Waals surface area (Å²) < 4.78 is 0. The first-order valence-electron chi connectivity index (χ1n) is 9.77. The maximum atomic E-state index is 13.2. The summed E-state index contributed by atoms with van der Waals surface area (Å²) >= 11 is 0. The van der Waals surface area contributed by atoms with E-state index in [9.17, 15) is 24.3 Å². The Balaban J connectivity index is 2.90. The van der Waals surface area contributed by atoms with Crippen molar-refractivity contribution in [1.29, 1.82) is 0 Å². The number of aliphatic hydroxyl groups excluding tert-OH is 1. The Hall–Kier alpha value is -2.36. The SMILES string of the molecule is CC(C)(C)NC(=O)N[C@H](C(=O)N1CCC[C@H]1C(=O)NCC(O)C(N)=O)C(C)(C)C. The fourth-order valence-corrected chi connectivity index (χ4v) is 3.04. The Labute approximate surface area is 171 Å². The number of nitrogens with two attached hydrogens (primary N) is 1. The highest BCUT2D eigenvalue weighted by Gasteiger charge is 2.42. The average molecular weight is 414 g/mol. The molecule has 1 aliphatic rings. The molecule has 0 saturated carbocycles. The lowest BCUT2D eigenvalue weighted by molar-refractivity contribution is -0.142. The van der Waals surface area contributed by atoms with Crippen LogP contribution in [0.15, 0.2) is 0 Å².